The Morgan fingerprint density at radius 1 is 1.00 bits per heavy atom. The van der Waals surface area contributed by atoms with E-state index < -0.39 is 0 Å². The molecule has 5 nitrogen and oxygen atoms in total. The van der Waals surface area contributed by atoms with Crippen molar-refractivity contribution in [1.29, 1.82) is 0 Å². The number of hydrogen-bond acceptors (Lipinski definition) is 4. The third-order valence-corrected chi connectivity index (χ3v) is 6.85. The number of aliphatic hydroxyl groups is 1. The maximum absolute atomic E-state index is 12.3. The van der Waals surface area contributed by atoms with Gasteiger partial charge in [-0.1, -0.05) is 38.1 Å². The molecule has 5 heteroatoms. The van der Waals surface area contributed by atoms with Gasteiger partial charge in [0.05, 0.1) is 0 Å². The van der Waals surface area contributed by atoms with Gasteiger partial charge >= 0.3 is 0 Å². The zero-order valence-corrected chi connectivity index (χ0v) is 18.9. The summed E-state index contributed by atoms with van der Waals surface area (Å²) in [6.45, 7) is 10.6. The van der Waals surface area contributed by atoms with Gasteiger partial charge in [-0.3, -0.25) is 4.79 Å². The first-order valence-electron chi connectivity index (χ1n) is 11.7. The smallest absolute Gasteiger partial charge is 0.227 e. The lowest BCUT2D eigenvalue weighted by molar-refractivity contribution is -0.117. The van der Waals surface area contributed by atoms with Crippen LogP contribution in [-0.4, -0.2) is 61.8 Å². The molecule has 0 bridgehead atoms. The number of aliphatic hydroxyl groups excluding tert-OH is 1. The van der Waals surface area contributed by atoms with Crippen molar-refractivity contribution in [3.05, 3.63) is 59.2 Å². The van der Waals surface area contributed by atoms with Gasteiger partial charge in [0, 0.05) is 63.0 Å². The lowest BCUT2D eigenvalue weighted by atomic mass is 9.91. The molecule has 0 spiro atoms. The molecule has 2 aliphatic rings. The van der Waals surface area contributed by atoms with E-state index in [0.29, 0.717) is 6.42 Å². The standard InChI is InChI=1S/C26H35N3O2/c1-3-27-13-15-28(16-14-27)25-8-5-4-7-21(25)17-22-18-23(29-12-6-9-26(29)31)10-11-24(22)20(2)19-30/h4-5,7-8,10-11,18,20,30H,3,6,9,12-17,19H2,1-2H3/t20-/m1/s1. The van der Waals surface area contributed by atoms with Gasteiger partial charge in [-0.05, 0) is 54.3 Å². The highest BCUT2D eigenvalue weighted by molar-refractivity contribution is 5.95. The first-order valence-corrected chi connectivity index (χ1v) is 11.7. The van der Waals surface area contributed by atoms with Crippen molar-refractivity contribution in [3.63, 3.8) is 0 Å². The van der Waals surface area contributed by atoms with Gasteiger partial charge < -0.3 is 19.8 Å². The fourth-order valence-electron chi connectivity index (χ4n) is 4.89. The SMILES string of the molecule is CCN1CCN(c2ccccc2Cc2cc(N3CCCC3=O)ccc2[C@H](C)CO)CC1. The second kappa shape index (κ2) is 9.84. The number of nitrogens with zero attached hydrogens (tertiary/aromatic N) is 3. The van der Waals surface area contributed by atoms with E-state index in [1.807, 2.05) is 11.0 Å². The van der Waals surface area contributed by atoms with Gasteiger partial charge in [0.25, 0.3) is 0 Å². The maximum Gasteiger partial charge on any atom is 0.227 e. The summed E-state index contributed by atoms with van der Waals surface area (Å²) in [4.78, 5) is 19.2. The van der Waals surface area contributed by atoms with Crippen LogP contribution in [-0.2, 0) is 11.2 Å². The molecule has 0 radical (unpaired) electrons. The van der Waals surface area contributed by atoms with E-state index >= 15 is 0 Å². The second-order valence-electron chi connectivity index (χ2n) is 8.84. The fourth-order valence-corrected chi connectivity index (χ4v) is 4.89. The first kappa shape index (κ1) is 21.8. The van der Waals surface area contributed by atoms with Crippen molar-refractivity contribution in [3.8, 4) is 0 Å². The van der Waals surface area contributed by atoms with E-state index in [1.54, 1.807) is 0 Å². The quantitative estimate of drug-likeness (QED) is 0.742. The number of carbonyl (C=O) groups is 1. The molecule has 2 aromatic rings. The second-order valence-corrected chi connectivity index (χ2v) is 8.84. The Morgan fingerprint density at radius 2 is 1.77 bits per heavy atom. The molecule has 0 unspecified atom stereocenters. The lowest BCUT2D eigenvalue weighted by Gasteiger charge is -2.36. The average molecular weight is 422 g/mol. The maximum atomic E-state index is 12.3. The van der Waals surface area contributed by atoms with Crippen LogP contribution in [0.15, 0.2) is 42.5 Å². The zero-order chi connectivity index (χ0) is 21.8. The van der Waals surface area contributed by atoms with Gasteiger partial charge in [-0.25, -0.2) is 0 Å². The minimum atomic E-state index is 0.0681. The molecule has 2 fully saturated rings. The van der Waals surface area contributed by atoms with E-state index in [2.05, 4.69) is 60.0 Å². The number of piperazine rings is 1. The third kappa shape index (κ3) is 4.78. The Bertz CT molecular complexity index is 905. The predicted molar refractivity (Wildman–Crippen MR) is 127 cm³/mol. The van der Waals surface area contributed by atoms with Crippen LogP contribution >= 0.6 is 0 Å². The molecular formula is C26H35N3O2. The molecular weight excluding hydrogens is 386 g/mol. The Balaban J connectivity index is 1.64. The summed E-state index contributed by atoms with van der Waals surface area (Å²) < 4.78 is 0. The van der Waals surface area contributed by atoms with Crippen molar-refractivity contribution in [2.45, 2.75) is 39.0 Å². The number of anilines is 2. The van der Waals surface area contributed by atoms with Crippen molar-refractivity contribution in [2.24, 2.45) is 0 Å². The number of hydrogen-bond donors (Lipinski definition) is 1. The van der Waals surface area contributed by atoms with Crippen LogP contribution in [0, 0.1) is 0 Å². The van der Waals surface area contributed by atoms with Crippen LogP contribution in [0.2, 0.25) is 0 Å². The number of para-hydroxylation sites is 1. The normalized spacial score (nSPS) is 18.6. The lowest BCUT2D eigenvalue weighted by Crippen LogP contribution is -2.46. The Kier molecular flexibility index (Phi) is 6.93. The van der Waals surface area contributed by atoms with Crippen LogP contribution in [0.5, 0.6) is 0 Å². The topological polar surface area (TPSA) is 47.0 Å². The Morgan fingerprint density at radius 3 is 2.45 bits per heavy atom. The summed E-state index contributed by atoms with van der Waals surface area (Å²) in [6.07, 6.45) is 2.37. The molecule has 0 aliphatic carbocycles. The van der Waals surface area contributed by atoms with E-state index in [0.717, 1.165) is 57.8 Å². The van der Waals surface area contributed by atoms with Crippen LogP contribution in [0.3, 0.4) is 0 Å². The number of rotatable bonds is 7. The molecule has 2 aromatic carbocycles. The summed E-state index contributed by atoms with van der Waals surface area (Å²) in [7, 11) is 0. The molecule has 0 aromatic heterocycles. The van der Waals surface area contributed by atoms with Gasteiger partial charge in [0.15, 0.2) is 0 Å². The predicted octanol–water partition coefficient (Wildman–Crippen LogP) is 3.64. The Labute approximate surface area is 186 Å². The van der Waals surface area contributed by atoms with Crippen LogP contribution in [0.1, 0.15) is 49.3 Å². The molecule has 1 atom stereocenters. The van der Waals surface area contributed by atoms with Gasteiger partial charge in [0.1, 0.15) is 0 Å². The van der Waals surface area contributed by atoms with Crippen molar-refractivity contribution < 1.29 is 9.90 Å². The van der Waals surface area contributed by atoms with Crippen molar-refractivity contribution in [2.75, 3.05) is 55.7 Å². The van der Waals surface area contributed by atoms with Crippen molar-refractivity contribution in [1.82, 2.24) is 4.90 Å². The average Bonchev–Trinajstić information content (AvgIpc) is 3.25. The minimum absolute atomic E-state index is 0.0681. The zero-order valence-electron chi connectivity index (χ0n) is 18.9. The summed E-state index contributed by atoms with van der Waals surface area (Å²) in [6, 6.07) is 15.0. The molecule has 1 N–H and O–H groups in total. The van der Waals surface area contributed by atoms with E-state index in [-0.39, 0.29) is 18.4 Å². The molecule has 4 rings (SSSR count). The van der Waals surface area contributed by atoms with Gasteiger partial charge in [-0.2, -0.15) is 0 Å². The minimum Gasteiger partial charge on any atom is -0.396 e. The molecule has 2 saturated heterocycles. The van der Waals surface area contributed by atoms with Gasteiger partial charge in [0.2, 0.25) is 5.91 Å². The number of benzene rings is 2. The molecule has 166 valence electrons. The number of carbonyl (C=O) groups excluding carboxylic acids is 1. The van der Waals surface area contributed by atoms with Crippen LogP contribution < -0.4 is 9.80 Å². The number of likely N-dealkylation sites (N-methyl/N-ethyl adjacent to an activating group) is 1. The highest BCUT2D eigenvalue weighted by Gasteiger charge is 2.24. The van der Waals surface area contributed by atoms with E-state index in [4.69, 9.17) is 0 Å². The molecule has 2 heterocycles. The largest absolute Gasteiger partial charge is 0.396 e. The highest BCUT2D eigenvalue weighted by atomic mass is 16.3. The first-order chi connectivity index (χ1) is 15.1. The van der Waals surface area contributed by atoms with Crippen LogP contribution in [0.25, 0.3) is 0 Å². The van der Waals surface area contributed by atoms with E-state index in [9.17, 15) is 9.90 Å². The summed E-state index contributed by atoms with van der Waals surface area (Å²) in [5.41, 5.74) is 5.98. The molecule has 31 heavy (non-hydrogen) atoms. The molecule has 1 amide bonds. The summed E-state index contributed by atoms with van der Waals surface area (Å²) >= 11 is 0. The van der Waals surface area contributed by atoms with Crippen LogP contribution in [0.4, 0.5) is 11.4 Å². The number of amides is 1. The summed E-state index contributed by atoms with van der Waals surface area (Å²) in [5.74, 6) is 0.279. The fraction of sp³-hybridized carbons (Fsp3) is 0.500. The third-order valence-electron chi connectivity index (χ3n) is 6.85. The monoisotopic (exact) mass is 421 g/mol. The molecule has 0 saturated carbocycles. The molecule has 2 aliphatic heterocycles. The highest BCUT2D eigenvalue weighted by Crippen LogP contribution is 2.32. The van der Waals surface area contributed by atoms with E-state index in [1.165, 1.54) is 22.4 Å². The van der Waals surface area contributed by atoms with Gasteiger partial charge in [-0.15, -0.1) is 0 Å². The van der Waals surface area contributed by atoms with Crippen molar-refractivity contribution >= 4 is 17.3 Å². The Hall–Kier alpha value is -2.37. The summed E-state index contributed by atoms with van der Waals surface area (Å²) in [5, 5.41) is 9.83.